The van der Waals surface area contributed by atoms with Gasteiger partial charge in [-0.1, -0.05) is 36.3 Å². The normalized spacial score (nSPS) is 12.3. The van der Waals surface area contributed by atoms with Crippen molar-refractivity contribution in [3.63, 3.8) is 0 Å². The molecule has 10 heteroatoms. The summed E-state index contributed by atoms with van der Waals surface area (Å²) >= 11 is 0. The fourth-order valence-electron chi connectivity index (χ4n) is 2.95. The molecule has 0 N–H and O–H groups in total. The minimum Gasteiger partial charge on any atom is -0.391 e. The van der Waals surface area contributed by atoms with Crippen LogP contribution >= 0.6 is 0 Å². The number of aryl methyl sites for hydroxylation is 2. The average Bonchev–Trinajstić information content (AvgIpc) is 3.05. The summed E-state index contributed by atoms with van der Waals surface area (Å²) < 4.78 is 41.0. The number of hydrogen-bond donors (Lipinski definition) is 0. The molecule has 0 saturated carbocycles. The van der Waals surface area contributed by atoms with E-state index in [0.29, 0.717) is 28.9 Å². The van der Waals surface area contributed by atoms with Gasteiger partial charge < -0.3 is 4.84 Å². The summed E-state index contributed by atoms with van der Waals surface area (Å²) in [4.78, 5) is 17.7. The number of alkyl halides is 3. The quantitative estimate of drug-likeness (QED) is 0.453. The molecule has 158 valence electrons. The highest BCUT2D eigenvalue weighted by Gasteiger charge is 2.30. The van der Waals surface area contributed by atoms with E-state index in [1.54, 1.807) is 19.1 Å². The summed E-state index contributed by atoms with van der Waals surface area (Å²) in [5.41, 5.74) is 1.58. The molecule has 0 saturated heterocycles. The Morgan fingerprint density at radius 3 is 2.53 bits per heavy atom. The van der Waals surface area contributed by atoms with Crippen LogP contribution in [-0.4, -0.2) is 25.5 Å². The third kappa shape index (κ3) is 4.42. The van der Waals surface area contributed by atoms with Crippen molar-refractivity contribution in [3.8, 4) is 5.69 Å². The number of nitrogens with zero attached hydrogens (tertiary/aromatic N) is 5. The molecule has 3 aromatic rings. The second-order valence-electron chi connectivity index (χ2n) is 6.59. The highest BCUT2D eigenvalue weighted by molar-refractivity contribution is 5.98. The van der Waals surface area contributed by atoms with E-state index in [4.69, 9.17) is 4.84 Å². The van der Waals surface area contributed by atoms with Crippen molar-refractivity contribution in [2.24, 2.45) is 12.2 Å². The number of hydrogen-bond acceptors (Lipinski definition) is 5. The number of halogens is 3. The van der Waals surface area contributed by atoms with Crippen LogP contribution in [-0.2, 0) is 31.1 Å². The third-order valence-corrected chi connectivity index (χ3v) is 4.60. The van der Waals surface area contributed by atoms with Crippen molar-refractivity contribution in [2.75, 3.05) is 0 Å². The highest BCUT2D eigenvalue weighted by atomic mass is 19.4. The number of benzene rings is 2. The second kappa shape index (κ2) is 8.52. The maximum Gasteiger partial charge on any atom is 0.416 e. The summed E-state index contributed by atoms with van der Waals surface area (Å²) in [6.07, 6.45) is -3.76. The van der Waals surface area contributed by atoms with Crippen LogP contribution < -0.4 is 5.69 Å². The van der Waals surface area contributed by atoms with E-state index < -0.39 is 17.4 Å². The molecule has 7 nitrogen and oxygen atoms in total. The molecule has 0 unspecified atom stereocenters. The van der Waals surface area contributed by atoms with Gasteiger partial charge in [-0.3, -0.25) is 0 Å². The van der Waals surface area contributed by atoms with E-state index in [1.165, 1.54) is 23.9 Å². The molecule has 0 amide bonds. The molecule has 1 heterocycles. The Morgan fingerprint density at radius 2 is 1.90 bits per heavy atom. The molecular formula is C20H20F3N5O2. The minimum absolute atomic E-state index is 0.0126. The Morgan fingerprint density at radius 1 is 1.17 bits per heavy atom. The zero-order valence-corrected chi connectivity index (χ0v) is 16.6. The molecule has 0 aliphatic heterocycles. The van der Waals surface area contributed by atoms with Crippen LogP contribution in [0.2, 0.25) is 0 Å². The monoisotopic (exact) mass is 419 g/mol. The molecular weight excluding hydrogens is 399 g/mol. The maximum atomic E-state index is 12.9. The minimum atomic E-state index is -4.43. The van der Waals surface area contributed by atoms with Gasteiger partial charge in [0.2, 0.25) is 0 Å². The number of rotatable bonds is 6. The Bertz CT molecular complexity index is 1130. The highest BCUT2D eigenvalue weighted by Crippen LogP contribution is 2.29. The standard InChI is InChI=1S/C20H20F3N5O2/c1-4-14-7-6-10-18(28-19(29)27(3)25-26-28)17(14)12-30-24-13(2)15-8-5-9-16(11-15)20(21,22)23/h5-11H,4,12H2,1-3H3. The molecule has 0 atom stereocenters. The molecule has 3 rings (SSSR count). The lowest BCUT2D eigenvalue weighted by Crippen LogP contribution is -2.23. The Balaban J connectivity index is 1.87. The van der Waals surface area contributed by atoms with Gasteiger partial charge in [0.15, 0.2) is 0 Å². The number of tetrazole rings is 1. The number of oxime groups is 1. The van der Waals surface area contributed by atoms with E-state index in [0.717, 1.165) is 22.4 Å². The molecule has 0 spiro atoms. The first-order valence-electron chi connectivity index (χ1n) is 9.16. The topological polar surface area (TPSA) is 74.3 Å². The molecule has 30 heavy (non-hydrogen) atoms. The summed E-state index contributed by atoms with van der Waals surface area (Å²) in [6, 6.07) is 10.3. The smallest absolute Gasteiger partial charge is 0.391 e. The lowest BCUT2D eigenvalue weighted by atomic mass is 10.0. The zero-order chi connectivity index (χ0) is 21.9. The van der Waals surface area contributed by atoms with E-state index in [9.17, 15) is 18.0 Å². The molecule has 0 radical (unpaired) electrons. The lowest BCUT2D eigenvalue weighted by molar-refractivity contribution is -0.137. The van der Waals surface area contributed by atoms with Gasteiger partial charge in [-0.15, -0.1) is 0 Å². The maximum absolute atomic E-state index is 12.9. The van der Waals surface area contributed by atoms with Crippen LogP contribution in [0, 0.1) is 0 Å². The molecule has 0 bridgehead atoms. The third-order valence-electron chi connectivity index (χ3n) is 4.60. The molecule has 0 aliphatic carbocycles. The first kappa shape index (κ1) is 21.3. The Hall–Kier alpha value is -3.43. The van der Waals surface area contributed by atoms with Crippen molar-refractivity contribution >= 4 is 5.71 Å². The SMILES string of the molecule is CCc1cccc(-n2nnn(C)c2=O)c1CON=C(C)c1cccc(C(F)(F)F)c1. The summed E-state index contributed by atoms with van der Waals surface area (Å²) in [5, 5.41) is 11.6. The summed E-state index contributed by atoms with van der Waals surface area (Å²) in [6.45, 7) is 3.53. The van der Waals surface area contributed by atoms with Crippen LogP contribution in [0.25, 0.3) is 5.69 Å². The molecule has 0 fully saturated rings. The van der Waals surface area contributed by atoms with Gasteiger partial charge in [-0.05, 0) is 53.1 Å². The Labute approximate surface area is 170 Å². The Kier molecular flexibility index (Phi) is 6.04. The van der Waals surface area contributed by atoms with Gasteiger partial charge in [-0.2, -0.15) is 22.5 Å². The predicted octanol–water partition coefficient (Wildman–Crippen LogP) is 3.49. The molecule has 0 aliphatic rings. The van der Waals surface area contributed by atoms with Crippen LogP contribution in [0.5, 0.6) is 0 Å². The lowest BCUT2D eigenvalue weighted by Gasteiger charge is -2.12. The van der Waals surface area contributed by atoms with E-state index in [2.05, 4.69) is 15.6 Å². The van der Waals surface area contributed by atoms with Crippen LogP contribution in [0.4, 0.5) is 13.2 Å². The van der Waals surface area contributed by atoms with Gasteiger partial charge in [0.05, 0.1) is 17.0 Å². The fraction of sp³-hybridized carbons (Fsp3) is 0.300. The van der Waals surface area contributed by atoms with Crippen molar-refractivity contribution in [1.82, 2.24) is 19.8 Å². The summed E-state index contributed by atoms with van der Waals surface area (Å²) in [7, 11) is 1.49. The van der Waals surface area contributed by atoms with Crippen molar-refractivity contribution in [1.29, 1.82) is 0 Å². The fourth-order valence-corrected chi connectivity index (χ4v) is 2.95. The zero-order valence-electron chi connectivity index (χ0n) is 16.6. The van der Waals surface area contributed by atoms with E-state index >= 15 is 0 Å². The van der Waals surface area contributed by atoms with Crippen LogP contribution in [0.15, 0.2) is 52.4 Å². The van der Waals surface area contributed by atoms with Crippen LogP contribution in [0.3, 0.4) is 0 Å². The van der Waals surface area contributed by atoms with Crippen molar-refractivity contribution in [2.45, 2.75) is 33.1 Å². The predicted molar refractivity (Wildman–Crippen MR) is 104 cm³/mol. The first-order valence-corrected chi connectivity index (χ1v) is 9.16. The van der Waals surface area contributed by atoms with Gasteiger partial charge in [0.25, 0.3) is 0 Å². The van der Waals surface area contributed by atoms with Crippen LogP contribution in [0.1, 0.15) is 36.1 Å². The van der Waals surface area contributed by atoms with Gasteiger partial charge in [0, 0.05) is 12.6 Å². The van der Waals surface area contributed by atoms with Gasteiger partial charge >= 0.3 is 11.9 Å². The first-order chi connectivity index (χ1) is 14.2. The summed E-state index contributed by atoms with van der Waals surface area (Å²) in [5.74, 6) is 0. The average molecular weight is 419 g/mol. The van der Waals surface area contributed by atoms with E-state index in [-0.39, 0.29) is 6.61 Å². The van der Waals surface area contributed by atoms with E-state index in [1.807, 2.05) is 13.0 Å². The van der Waals surface area contributed by atoms with Gasteiger partial charge in [-0.25, -0.2) is 4.79 Å². The van der Waals surface area contributed by atoms with Crippen molar-refractivity contribution < 1.29 is 18.0 Å². The van der Waals surface area contributed by atoms with Gasteiger partial charge in [0.1, 0.15) is 6.61 Å². The molecule has 2 aromatic carbocycles. The largest absolute Gasteiger partial charge is 0.416 e. The second-order valence-corrected chi connectivity index (χ2v) is 6.59. The molecule has 1 aromatic heterocycles. The van der Waals surface area contributed by atoms with Crippen molar-refractivity contribution in [3.05, 3.63) is 75.2 Å². The number of aromatic nitrogens is 4.